The zero-order chi connectivity index (χ0) is 26.7. The molecule has 202 valence electrons. The van der Waals surface area contributed by atoms with Gasteiger partial charge in [0.25, 0.3) is 0 Å². The summed E-state index contributed by atoms with van der Waals surface area (Å²) in [5.41, 5.74) is -2.41. The zero-order valence-electron chi connectivity index (χ0n) is 21.3. The number of likely N-dealkylation sites (tertiary alicyclic amines) is 1. The van der Waals surface area contributed by atoms with Crippen LogP contribution in [0.15, 0.2) is 0 Å². The van der Waals surface area contributed by atoms with E-state index in [9.17, 15) is 24.1 Å². The van der Waals surface area contributed by atoms with E-state index in [0.29, 0.717) is 0 Å². The molecule has 0 bridgehead atoms. The monoisotopic (exact) mass is 524 g/mol. The number of rotatable bonds is 8. The third kappa shape index (κ3) is 7.97. The van der Waals surface area contributed by atoms with Gasteiger partial charge in [-0.05, 0) is 0 Å². The molecule has 2 saturated heterocycles. The third-order valence-electron chi connectivity index (χ3n) is 5.35. The zero-order valence-corrected chi connectivity index (χ0v) is 22.3. The van der Waals surface area contributed by atoms with Crippen LogP contribution in [-0.2, 0) is 42.2 Å². The molecule has 13 nitrogen and oxygen atoms in total. The average Bonchev–Trinajstić information content (AvgIpc) is 2.71. The van der Waals surface area contributed by atoms with Crippen LogP contribution < -0.4 is 5.32 Å². The molecule has 0 aromatic rings. The van der Waals surface area contributed by atoms with Gasteiger partial charge in [-0.25, -0.2) is 0 Å². The van der Waals surface area contributed by atoms with Crippen molar-refractivity contribution in [2.24, 2.45) is 10.8 Å². The first kappa shape index (κ1) is 29.2. The Morgan fingerprint density at radius 2 is 1.80 bits per heavy atom. The van der Waals surface area contributed by atoms with Crippen LogP contribution in [0, 0.1) is 10.8 Å². The van der Waals surface area contributed by atoms with E-state index in [-0.39, 0.29) is 32.7 Å². The normalized spacial score (nSPS) is 23.3. The summed E-state index contributed by atoms with van der Waals surface area (Å²) in [4.78, 5) is 60.4. The van der Waals surface area contributed by atoms with E-state index in [0.717, 1.165) is 0 Å². The Bertz CT molecular complexity index is 823. The van der Waals surface area contributed by atoms with Crippen LogP contribution in [0.3, 0.4) is 0 Å². The number of esters is 2. The Labute approximate surface area is 205 Å². The van der Waals surface area contributed by atoms with Gasteiger partial charge < -0.3 is 0 Å². The number of amides is 2. The summed E-state index contributed by atoms with van der Waals surface area (Å²) in [6.45, 7) is 9.81. The van der Waals surface area contributed by atoms with Gasteiger partial charge >= 0.3 is 205 Å². The summed E-state index contributed by atoms with van der Waals surface area (Å²) in [5, 5.41) is 2.56. The fourth-order valence-corrected chi connectivity index (χ4v) is 5.08. The number of hydrogen-bond donors (Lipinski definition) is 2. The molecule has 35 heavy (non-hydrogen) atoms. The maximum atomic E-state index is 12.6. The molecular formula is C21H37N2O11P. The molecular weight excluding hydrogens is 487 g/mol. The molecule has 0 aromatic heterocycles. The van der Waals surface area contributed by atoms with E-state index in [1.807, 2.05) is 0 Å². The Balaban J connectivity index is 1.84. The van der Waals surface area contributed by atoms with Crippen LogP contribution in [0.1, 0.15) is 48.0 Å². The van der Waals surface area contributed by atoms with Gasteiger partial charge in [-0.15, -0.1) is 0 Å². The van der Waals surface area contributed by atoms with E-state index in [1.54, 1.807) is 41.5 Å². The number of carbonyl (C=O) groups excluding carboxylic acids is 4. The molecule has 0 aromatic carbocycles. The van der Waals surface area contributed by atoms with Gasteiger partial charge in [0, 0.05) is 0 Å². The molecule has 2 amide bonds. The molecule has 0 unspecified atom stereocenters. The van der Waals surface area contributed by atoms with Crippen LogP contribution in [0.4, 0.5) is 4.79 Å². The number of nitrogens with zero attached hydrogens (tertiary/aromatic N) is 1. The quantitative estimate of drug-likeness (QED) is 0.204. The van der Waals surface area contributed by atoms with E-state index in [2.05, 4.69) is 10.1 Å². The number of hydrogen-bond acceptors (Lipinski definition) is 11. The number of ether oxygens (including phenoxy) is 3. The molecule has 2 fully saturated rings. The van der Waals surface area contributed by atoms with Gasteiger partial charge in [0.1, 0.15) is 0 Å². The second kappa shape index (κ2) is 10.9. The Hall–Kier alpha value is -2.05. The topological polar surface area (TPSA) is 159 Å². The molecule has 0 spiro atoms. The standard InChI is InChI=1S/C21H37N2O11P/c1-19(2,3)33-18(27)23-10-21(6,11-23)17(26)30-13-32-35(28)31-12-20(4,5)15(34-35)16(25)22-9-8-14(24)29-7/h15,28,35H,8-13H2,1-7H3,(H,22,25)/t15-/m0/s1. The van der Waals surface area contributed by atoms with Crippen LogP contribution in [0.2, 0.25) is 0 Å². The van der Waals surface area contributed by atoms with Crippen LogP contribution >= 0.6 is 8.17 Å². The van der Waals surface area contributed by atoms with Gasteiger partial charge in [0.2, 0.25) is 0 Å². The van der Waals surface area contributed by atoms with Crippen molar-refractivity contribution in [1.82, 2.24) is 10.2 Å². The van der Waals surface area contributed by atoms with Crippen LogP contribution in [0.5, 0.6) is 0 Å². The molecule has 2 heterocycles. The number of carbonyl (C=O) groups is 4. The first-order chi connectivity index (χ1) is 16.0. The minimum absolute atomic E-state index is 0.0237. The van der Waals surface area contributed by atoms with E-state index in [4.69, 9.17) is 23.0 Å². The first-order valence-electron chi connectivity index (χ1n) is 11.2. The van der Waals surface area contributed by atoms with Crippen molar-refractivity contribution in [3.63, 3.8) is 0 Å². The van der Waals surface area contributed by atoms with Crippen molar-refractivity contribution < 1.29 is 51.9 Å². The van der Waals surface area contributed by atoms with E-state index in [1.165, 1.54) is 12.0 Å². The SMILES string of the molecule is COC(=O)CCNC(=O)[C@@H]1O[PH](O)(OCOC(=O)C2(C)CN(C(=O)OC(C)(C)C)C2)OCC1(C)C. The molecule has 2 N–H and O–H groups in total. The van der Waals surface area contributed by atoms with Crippen molar-refractivity contribution in [3.05, 3.63) is 0 Å². The summed E-state index contributed by atoms with van der Waals surface area (Å²) < 4.78 is 31.0. The Morgan fingerprint density at radius 1 is 1.17 bits per heavy atom. The summed E-state index contributed by atoms with van der Waals surface area (Å²) in [5.74, 6) is -1.68. The molecule has 2 aliphatic heterocycles. The molecule has 2 rings (SSSR count). The second-order valence-corrected chi connectivity index (χ2v) is 12.4. The average molecular weight is 525 g/mol. The third-order valence-corrected chi connectivity index (χ3v) is 6.88. The van der Waals surface area contributed by atoms with Crippen molar-refractivity contribution >= 4 is 32.1 Å². The summed E-state index contributed by atoms with van der Waals surface area (Å²) >= 11 is 0. The fraction of sp³-hybridized carbons (Fsp3) is 0.810. The molecule has 14 heteroatoms. The first-order valence-corrected chi connectivity index (χ1v) is 12.9. The van der Waals surface area contributed by atoms with Crippen molar-refractivity contribution in [1.29, 1.82) is 0 Å². The van der Waals surface area contributed by atoms with Crippen LogP contribution in [0.25, 0.3) is 0 Å². The van der Waals surface area contributed by atoms with Crippen molar-refractivity contribution in [2.45, 2.75) is 59.7 Å². The minimum atomic E-state index is -4.31. The second-order valence-electron chi connectivity index (χ2n) is 10.5. The molecule has 1 atom stereocenters. The van der Waals surface area contributed by atoms with Crippen molar-refractivity contribution in [2.75, 3.05) is 40.1 Å². The van der Waals surface area contributed by atoms with Gasteiger partial charge in [-0.1, -0.05) is 0 Å². The summed E-state index contributed by atoms with van der Waals surface area (Å²) in [6.07, 6.45) is -1.68. The predicted molar refractivity (Wildman–Crippen MR) is 123 cm³/mol. The number of methoxy groups -OCH3 is 1. The van der Waals surface area contributed by atoms with Gasteiger partial charge in [-0.3, -0.25) is 0 Å². The molecule has 0 radical (unpaired) electrons. The van der Waals surface area contributed by atoms with Crippen LogP contribution in [-0.4, -0.2) is 85.6 Å². The summed E-state index contributed by atoms with van der Waals surface area (Å²) in [6, 6.07) is 0. The van der Waals surface area contributed by atoms with E-state index < -0.39 is 61.4 Å². The Kier molecular flexibility index (Phi) is 9.10. The van der Waals surface area contributed by atoms with Crippen molar-refractivity contribution in [3.8, 4) is 0 Å². The molecule has 2 aliphatic rings. The maximum absolute atomic E-state index is 12.6. The van der Waals surface area contributed by atoms with E-state index >= 15 is 0 Å². The molecule has 0 aliphatic carbocycles. The Morgan fingerprint density at radius 3 is 2.37 bits per heavy atom. The number of nitrogens with one attached hydrogen (secondary N) is 1. The van der Waals surface area contributed by atoms with Gasteiger partial charge in [-0.2, -0.15) is 0 Å². The summed E-state index contributed by atoms with van der Waals surface area (Å²) in [7, 11) is -3.07. The predicted octanol–water partition coefficient (Wildman–Crippen LogP) is 1.28. The fourth-order valence-electron chi connectivity index (χ4n) is 3.37. The molecule has 0 saturated carbocycles. The van der Waals surface area contributed by atoms with Gasteiger partial charge in [0.05, 0.1) is 0 Å². The van der Waals surface area contributed by atoms with Gasteiger partial charge in [0.15, 0.2) is 0 Å².